The van der Waals surface area contributed by atoms with Crippen molar-refractivity contribution >= 4 is 0 Å². The first-order chi connectivity index (χ1) is 5.26. The summed E-state index contributed by atoms with van der Waals surface area (Å²) in [6.45, 7) is 0.145. The topological polar surface area (TPSA) is 62.7 Å². The molecule has 1 rings (SSSR count). The smallest absolute Gasteiger partial charge is 0.214 e. The number of pyridine rings is 1. The van der Waals surface area contributed by atoms with Crippen LogP contribution in [-0.2, 0) is 6.54 Å². The van der Waals surface area contributed by atoms with E-state index < -0.39 is 5.95 Å². The predicted octanol–water partition coefficient (Wildman–Crippen LogP) is 0.551. The SMILES string of the molecule is N#Cc1cc(F)nc(CN)c1. The molecule has 0 aliphatic rings. The van der Waals surface area contributed by atoms with Gasteiger partial charge in [0.2, 0.25) is 5.95 Å². The lowest BCUT2D eigenvalue weighted by atomic mass is 10.2. The van der Waals surface area contributed by atoms with Crippen LogP contribution in [0.1, 0.15) is 11.3 Å². The zero-order valence-corrected chi connectivity index (χ0v) is 5.71. The van der Waals surface area contributed by atoms with Crippen molar-refractivity contribution in [2.75, 3.05) is 0 Å². The Morgan fingerprint density at radius 3 is 2.91 bits per heavy atom. The summed E-state index contributed by atoms with van der Waals surface area (Å²) in [4.78, 5) is 3.46. The van der Waals surface area contributed by atoms with E-state index in [1.54, 1.807) is 6.07 Å². The van der Waals surface area contributed by atoms with E-state index in [1.807, 2.05) is 0 Å². The lowest BCUT2D eigenvalue weighted by Crippen LogP contribution is -2.01. The van der Waals surface area contributed by atoms with Crippen LogP contribution in [0.25, 0.3) is 0 Å². The highest BCUT2D eigenvalue weighted by Crippen LogP contribution is 2.02. The Kier molecular flexibility index (Phi) is 2.14. The molecule has 0 saturated heterocycles. The maximum atomic E-state index is 12.5. The number of rotatable bonds is 1. The molecule has 1 aromatic heterocycles. The molecule has 0 aliphatic heterocycles. The number of hydrogen-bond acceptors (Lipinski definition) is 3. The summed E-state index contributed by atoms with van der Waals surface area (Å²) >= 11 is 0. The monoisotopic (exact) mass is 151 g/mol. The lowest BCUT2D eigenvalue weighted by Gasteiger charge is -1.95. The highest BCUT2D eigenvalue weighted by atomic mass is 19.1. The minimum Gasteiger partial charge on any atom is -0.325 e. The van der Waals surface area contributed by atoms with Crippen LogP contribution >= 0.6 is 0 Å². The Morgan fingerprint density at radius 1 is 1.64 bits per heavy atom. The second kappa shape index (κ2) is 3.08. The molecular weight excluding hydrogens is 145 g/mol. The Hall–Kier alpha value is -1.47. The van der Waals surface area contributed by atoms with Crippen molar-refractivity contribution in [1.82, 2.24) is 4.98 Å². The molecule has 0 saturated carbocycles. The maximum Gasteiger partial charge on any atom is 0.214 e. The molecule has 0 unspecified atom stereocenters. The largest absolute Gasteiger partial charge is 0.325 e. The second-order valence-electron chi connectivity index (χ2n) is 1.99. The molecule has 1 aromatic rings. The fourth-order valence-corrected chi connectivity index (χ4v) is 0.720. The van der Waals surface area contributed by atoms with Crippen LogP contribution in [0.2, 0.25) is 0 Å². The van der Waals surface area contributed by atoms with Crippen LogP contribution in [0.3, 0.4) is 0 Å². The van der Waals surface area contributed by atoms with E-state index in [4.69, 9.17) is 11.0 Å². The van der Waals surface area contributed by atoms with Gasteiger partial charge in [-0.05, 0) is 6.07 Å². The molecule has 2 N–H and O–H groups in total. The van der Waals surface area contributed by atoms with Crippen molar-refractivity contribution in [3.63, 3.8) is 0 Å². The van der Waals surface area contributed by atoms with Gasteiger partial charge in [-0.25, -0.2) is 4.98 Å². The van der Waals surface area contributed by atoms with Crippen molar-refractivity contribution in [1.29, 1.82) is 5.26 Å². The molecule has 11 heavy (non-hydrogen) atoms. The molecular formula is C7H6FN3. The van der Waals surface area contributed by atoms with Crippen molar-refractivity contribution in [3.8, 4) is 6.07 Å². The van der Waals surface area contributed by atoms with Gasteiger partial charge >= 0.3 is 0 Å². The summed E-state index contributed by atoms with van der Waals surface area (Å²) < 4.78 is 12.5. The Labute approximate surface area is 63.3 Å². The third-order valence-electron chi connectivity index (χ3n) is 1.19. The molecule has 0 aromatic carbocycles. The molecule has 0 aliphatic carbocycles. The van der Waals surface area contributed by atoms with Crippen LogP contribution in [0, 0.1) is 17.3 Å². The first-order valence-corrected chi connectivity index (χ1v) is 3.03. The zero-order valence-electron chi connectivity index (χ0n) is 5.71. The van der Waals surface area contributed by atoms with E-state index in [0.29, 0.717) is 5.69 Å². The first-order valence-electron chi connectivity index (χ1n) is 3.03. The number of nitriles is 1. The molecule has 0 fully saturated rings. The molecule has 56 valence electrons. The van der Waals surface area contributed by atoms with Gasteiger partial charge < -0.3 is 5.73 Å². The molecule has 4 heteroatoms. The summed E-state index contributed by atoms with van der Waals surface area (Å²) in [5.74, 6) is -0.663. The molecule has 0 atom stereocenters. The van der Waals surface area contributed by atoms with E-state index in [0.717, 1.165) is 6.07 Å². The Morgan fingerprint density at radius 2 is 2.36 bits per heavy atom. The second-order valence-corrected chi connectivity index (χ2v) is 1.99. The normalized spacial score (nSPS) is 9.18. The number of hydrogen-bond donors (Lipinski definition) is 1. The van der Waals surface area contributed by atoms with Crippen molar-refractivity contribution in [2.45, 2.75) is 6.54 Å². The van der Waals surface area contributed by atoms with Gasteiger partial charge in [0.05, 0.1) is 17.3 Å². The summed E-state index contributed by atoms with van der Waals surface area (Å²) in [6, 6.07) is 4.34. The van der Waals surface area contributed by atoms with Gasteiger partial charge in [-0.3, -0.25) is 0 Å². The first kappa shape index (κ1) is 7.63. The number of aromatic nitrogens is 1. The third kappa shape index (κ3) is 1.72. The van der Waals surface area contributed by atoms with Gasteiger partial charge in [-0.15, -0.1) is 0 Å². The quantitative estimate of drug-likeness (QED) is 0.596. The van der Waals surface area contributed by atoms with Crippen LogP contribution in [0.4, 0.5) is 4.39 Å². The summed E-state index contributed by atoms with van der Waals surface area (Å²) in [7, 11) is 0. The van der Waals surface area contributed by atoms with Crippen LogP contribution in [0.5, 0.6) is 0 Å². The third-order valence-corrected chi connectivity index (χ3v) is 1.19. The zero-order chi connectivity index (χ0) is 8.27. The molecule has 0 bridgehead atoms. The standard InChI is InChI=1S/C7H6FN3/c8-7-2-5(3-9)1-6(4-10)11-7/h1-2H,4,10H2. The minimum atomic E-state index is -0.663. The van der Waals surface area contributed by atoms with Crippen LogP contribution < -0.4 is 5.73 Å². The maximum absolute atomic E-state index is 12.5. The highest BCUT2D eigenvalue weighted by Gasteiger charge is 1.98. The molecule has 0 amide bonds. The average Bonchev–Trinajstić information content (AvgIpc) is 2.03. The molecule has 3 nitrogen and oxygen atoms in total. The fraction of sp³-hybridized carbons (Fsp3) is 0.143. The van der Waals surface area contributed by atoms with Gasteiger partial charge in [0.1, 0.15) is 0 Å². The average molecular weight is 151 g/mol. The van der Waals surface area contributed by atoms with E-state index in [1.165, 1.54) is 6.07 Å². The summed E-state index contributed by atoms with van der Waals surface area (Å²) in [6.07, 6.45) is 0. The van der Waals surface area contributed by atoms with Gasteiger partial charge in [0, 0.05) is 12.6 Å². The summed E-state index contributed by atoms with van der Waals surface area (Å²) in [5.41, 5.74) is 5.84. The van der Waals surface area contributed by atoms with E-state index in [2.05, 4.69) is 4.98 Å². The lowest BCUT2D eigenvalue weighted by molar-refractivity contribution is 0.576. The van der Waals surface area contributed by atoms with E-state index in [9.17, 15) is 4.39 Å². The van der Waals surface area contributed by atoms with E-state index in [-0.39, 0.29) is 12.1 Å². The van der Waals surface area contributed by atoms with Crippen molar-refractivity contribution in [3.05, 3.63) is 29.3 Å². The predicted molar refractivity (Wildman–Crippen MR) is 36.8 cm³/mol. The Bertz CT molecular complexity index is 303. The van der Waals surface area contributed by atoms with Gasteiger partial charge in [0.15, 0.2) is 0 Å². The Balaban J connectivity index is 3.15. The minimum absolute atomic E-state index is 0.145. The molecule has 1 heterocycles. The van der Waals surface area contributed by atoms with Crippen molar-refractivity contribution in [2.24, 2.45) is 5.73 Å². The highest BCUT2D eigenvalue weighted by molar-refractivity contribution is 5.29. The fourth-order valence-electron chi connectivity index (χ4n) is 0.720. The molecule has 0 radical (unpaired) electrons. The summed E-state index contributed by atoms with van der Waals surface area (Å²) in [5, 5.41) is 8.40. The van der Waals surface area contributed by atoms with Gasteiger partial charge in [-0.1, -0.05) is 0 Å². The van der Waals surface area contributed by atoms with Gasteiger partial charge in [-0.2, -0.15) is 9.65 Å². The van der Waals surface area contributed by atoms with Crippen LogP contribution in [0.15, 0.2) is 12.1 Å². The van der Waals surface area contributed by atoms with Gasteiger partial charge in [0.25, 0.3) is 0 Å². The number of nitrogens with two attached hydrogens (primary N) is 1. The van der Waals surface area contributed by atoms with Crippen LogP contribution in [-0.4, -0.2) is 4.98 Å². The molecule has 0 spiro atoms. The van der Waals surface area contributed by atoms with E-state index >= 15 is 0 Å². The number of nitrogens with zero attached hydrogens (tertiary/aromatic N) is 2. The number of halogens is 1. The van der Waals surface area contributed by atoms with Crippen molar-refractivity contribution < 1.29 is 4.39 Å².